The van der Waals surface area contributed by atoms with Gasteiger partial charge in [0.2, 0.25) is 0 Å². The maximum Gasteiger partial charge on any atom is 0.146 e. The second-order valence-corrected chi connectivity index (χ2v) is 16.8. The van der Waals surface area contributed by atoms with Gasteiger partial charge >= 0.3 is 0 Å². The first-order chi connectivity index (χ1) is 25.2. The van der Waals surface area contributed by atoms with E-state index in [9.17, 15) is 0 Å². The summed E-state index contributed by atoms with van der Waals surface area (Å²) in [5.41, 5.74) is 18.7. The summed E-state index contributed by atoms with van der Waals surface area (Å²) in [7, 11) is 0. The Kier molecular flexibility index (Phi) is 13.7. The molecule has 1 fully saturated rings. The van der Waals surface area contributed by atoms with Crippen molar-refractivity contribution >= 4 is 39.0 Å². The zero-order chi connectivity index (χ0) is 38.2. The Morgan fingerprint density at radius 1 is 0.887 bits per heavy atom. The molecule has 3 aromatic heterocycles. The highest BCUT2D eigenvalue weighted by atomic mass is 35.5. The van der Waals surface area contributed by atoms with Gasteiger partial charge in [-0.2, -0.15) is 0 Å². The summed E-state index contributed by atoms with van der Waals surface area (Å²) in [6.07, 6.45) is 6.38. The number of nitrogens with two attached hydrogens (primary N) is 2. The van der Waals surface area contributed by atoms with E-state index in [0.29, 0.717) is 41.9 Å². The molecule has 53 heavy (non-hydrogen) atoms. The first-order valence-electron chi connectivity index (χ1n) is 18.3. The zero-order valence-corrected chi connectivity index (χ0v) is 33.6. The van der Waals surface area contributed by atoms with Crippen molar-refractivity contribution in [1.29, 1.82) is 0 Å². The molecule has 3 atom stereocenters. The van der Waals surface area contributed by atoms with Gasteiger partial charge in [0, 0.05) is 35.6 Å². The van der Waals surface area contributed by atoms with E-state index in [4.69, 9.17) is 37.3 Å². The van der Waals surface area contributed by atoms with Crippen molar-refractivity contribution < 1.29 is 14.2 Å². The molecule has 0 radical (unpaired) electrons. The lowest BCUT2D eigenvalue weighted by molar-refractivity contribution is 0.195. The van der Waals surface area contributed by atoms with Crippen molar-refractivity contribution in [1.82, 2.24) is 19.9 Å². The van der Waals surface area contributed by atoms with Gasteiger partial charge in [0.25, 0.3) is 0 Å². The first kappa shape index (κ1) is 40.3. The fraction of sp³-hybridized carbons (Fsp3) is 0.463. The summed E-state index contributed by atoms with van der Waals surface area (Å²) in [5, 5.41) is 4.00. The van der Waals surface area contributed by atoms with Crippen molar-refractivity contribution in [3.05, 3.63) is 77.3 Å². The number of nitrogens with one attached hydrogen (secondary N) is 1. The van der Waals surface area contributed by atoms with Crippen molar-refractivity contribution in [2.45, 2.75) is 84.8 Å². The molecule has 0 amide bonds. The molecule has 2 aromatic carbocycles. The highest BCUT2D eigenvalue weighted by molar-refractivity contribution is 7.17. The number of ether oxygens (including phenoxy) is 3. The van der Waals surface area contributed by atoms with Crippen LogP contribution in [0.3, 0.4) is 0 Å². The van der Waals surface area contributed by atoms with Gasteiger partial charge in [0.05, 0.1) is 33.6 Å². The molecule has 0 aliphatic carbocycles. The van der Waals surface area contributed by atoms with E-state index in [1.54, 1.807) is 23.7 Å². The molecule has 1 unspecified atom stereocenters. The van der Waals surface area contributed by atoms with Crippen LogP contribution >= 0.6 is 22.9 Å². The Balaban J connectivity index is 0.000000206. The molecule has 1 aliphatic rings. The van der Waals surface area contributed by atoms with Crippen molar-refractivity contribution in [3.63, 3.8) is 0 Å². The number of hydrogen-bond donors (Lipinski definition) is 3. The molecule has 5 N–H and O–H groups in total. The number of nitrogens with zero attached hydrogens (tertiary/aromatic N) is 4. The first-order valence-corrected chi connectivity index (χ1v) is 19.5. The van der Waals surface area contributed by atoms with E-state index < -0.39 is 0 Å². The molecule has 0 bridgehead atoms. The predicted molar refractivity (Wildman–Crippen MR) is 218 cm³/mol. The number of fused-ring (bicyclic) bond motifs is 1. The molecule has 0 saturated carbocycles. The Bertz CT molecular complexity index is 1940. The third kappa shape index (κ3) is 11.8. The van der Waals surface area contributed by atoms with Crippen LogP contribution in [0.25, 0.3) is 32.6 Å². The average Bonchev–Trinajstić information content (AvgIpc) is 3.79. The molecule has 284 valence electrons. The summed E-state index contributed by atoms with van der Waals surface area (Å²) in [6, 6.07) is 16.1. The largest absolute Gasteiger partial charge is 0.490 e. The van der Waals surface area contributed by atoms with Crippen LogP contribution in [0.5, 0.6) is 11.5 Å². The molecule has 12 heteroatoms. The minimum Gasteiger partial charge on any atom is -0.490 e. The number of pyridine rings is 1. The molecule has 0 spiro atoms. The van der Waals surface area contributed by atoms with Crippen LogP contribution in [0, 0.1) is 18.8 Å². The summed E-state index contributed by atoms with van der Waals surface area (Å²) in [4.78, 5) is 17.6. The van der Waals surface area contributed by atoms with Gasteiger partial charge in [-0.1, -0.05) is 45.4 Å². The zero-order valence-electron chi connectivity index (χ0n) is 32.0. The lowest BCUT2D eigenvalue weighted by Crippen LogP contribution is -2.43. The van der Waals surface area contributed by atoms with Gasteiger partial charge in [0.1, 0.15) is 41.9 Å². The van der Waals surface area contributed by atoms with E-state index in [2.05, 4.69) is 52.9 Å². The summed E-state index contributed by atoms with van der Waals surface area (Å²) in [6.45, 7) is 17.0. The molecule has 6 rings (SSSR count). The molecule has 1 saturated heterocycles. The Hall–Kier alpha value is -3.87. The number of benzene rings is 2. The normalized spacial score (nSPS) is 16.6. The van der Waals surface area contributed by atoms with E-state index in [0.717, 1.165) is 82.5 Å². The SMILES string of the molecule is CC(C)C[C@](C)(N)COc1ccc(-c2ccnc(NC3CCOC3)c2)cc1Cl.Cc1nccc(-c2ccc(OC[C@@](C)(N)CC(C)C)c3ncsc23)n1. The van der Waals surface area contributed by atoms with Crippen LogP contribution in [0.4, 0.5) is 5.82 Å². The highest BCUT2D eigenvalue weighted by Gasteiger charge is 2.23. The number of rotatable bonds is 14. The molecule has 10 nitrogen and oxygen atoms in total. The average molecular weight is 760 g/mol. The summed E-state index contributed by atoms with van der Waals surface area (Å²) < 4.78 is 18.4. The third-order valence-electron chi connectivity index (χ3n) is 8.67. The highest BCUT2D eigenvalue weighted by Crippen LogP contribution is 2.36. The molecule has 4 heterocycles. The number of hydrogen-bond acceptors (Lipinski definition) is 11. The second-order valence-electron chi connectivity index (χ2n) is 15.5. The summed E-state index contributed by atoms with van der Waals surface area (Å²) >= 11 is 8.07. The fourth-order valence-corrected chi connectivity index (χ4v) is 7.73. The topological polar surface area (TPSA) is 143 Å². The number of halogens is 1. The van der Waals surface area contributed by atoms with Gasteiger partial charge in [0.15, 0.2) is 0 Å². The van der Waals surface area contributed by atoms with E-state index >= 15 is 0 Å². The molecular formula is C41H54ClN7O3S. The van der Waals surface area contributed by atoms with Gasteiger partial charge in [-0.05, 0) is 105 Å². The molecule has 5 aromatic rings. The van der Waals surface area contributed by atoms with Crippen LogP contribution in [0.1, 0.15) is 66.6 Å². The van der Waals surface area contributed by atoms with Crippen molar-refractivity contribution in [2.75, 3.05) is 31.7 Å². The lowest BCUT2D eigenvalue weighted by Gasteiger charge is -2.26. The molecule has 1 aliphatic heterocycles. The quantitative estimate of drug-likeness (QED) is 0.100. The smallest absolute Gasteiger partial charge is 0.146 e. The number of aryl methyl sites for hydroxylation is 1. The van der Waals surface area contributed by atoms with E-state index in [-0.39, 0.29) is 11.1 Å². The number of anilines is 1. The third-order valence-corrected chi connectivity index (χ3v) is 9.82. The standard InChI is InChI=1S/C22H30ClN3O2.C19H24N4OS/c1-15(2)12-22(3,24)14-28-20-5-4-16(10-19(20)23)17-6-8-25-21(11-17)26-18-7-9-27-13-18;1-12(2)9-19(4,20)10-24-16-6-5-14(18-17(16)22-11-25-18)15-7-8-21-13(3)23-15/h4-6,8,10-11,15,18H,7,9,12-14,24H2,1-3H3,(H,25,26);5-8,11-12H,9-10,20H2,1-4H3/t18?,22-;19-/m00/s1. The monoisotopic (exact) mass is 759 g/mol. The van der Waals surface area contributed by atoms with Crippen molar-refractivity contribution in [2.24, 2.45) is 23.3 Å². The maximum absolute atomic E-state index is 6.48. The van der Waals surface area contributed by atoms with Gasteiger partial charge in [-0.15, -0.1) is 11.3 Å². The molecular weight excluding hydrogens is 706 g/mol. The Labute approximate surface area is 323 Å². The van der Waals surface area contributed by atoms with Crippen LogP contribution < -0.4 is 26.3 Å². The van der Waals surface area contributed by atoms with Crippen molar-refractivity contribution in [3.8, 4) is 33.9 Å². The van der Waals surface area contributed by atoms with Gasteiger partial charge < -0.3 is 31.0 Å². The van der Waals surface area contributed by atoms with Crippen LogP contribution in [0.2, 0.25) is 5.02 Å². The van der Waals surface area contributed by atoms with Crippen LogP contribution in [-0.2, 0) is 4.74 Å². The Morgan fingerprint density at radius 2 is 1.55 bits per heavy atom. The Morgan fingerprint density at radius 3 is 2.19 bits per heavy atom. The lowest BCUT2D eigenvalue weighted by atomic mass is 9.93. The van der Waals surface area contributed by atoms with E-state index in [1.807, 2.05) is 74.8 Å². The second kappa shape index (κ2) is 18.0. The van der Waals surface area contributed by atoms with Crippen LogP contribution in [-0.4, -0.2) is 63.5 Å². The van der Waals surface area contributed by atoms with Crippen LogP contribution in [0.15, 0.2) is 66.4 Å². The van der Waals surface area contributed by atoms with Gasteiger partial charge in [-0.3, -0.25) is 0 Å². The van der Waals surface area contributed by atoms with Gasteiger partial charge in [-0.25, -0.2) is 19.9 Å². The predicted octanol–water partition coefficient (Wildman–Crippen LogP) is 8.95. The minimum atomic E-state index is -0.383. The number of thiazole rings is 1. The minimum absolute atomic E-state index is 0.318. The fourth-order valence-electron chi connectivity index (χ4n) is 6.66. The van der Waals surface area contributed by atoms with E-state index in [1.165, 1.54) is 0 Å². The number of aromatic nitrogens is 4. The summed E-state index contributed by atoms with van der Waals surface area (Å²) in [5.74, 6) is 4.07. The maximum atomic E-state index is 6.48.